The van der Waals surface area contributed by atoms with Gasteiger partial charge in [0, 0.05) is 12.2 Å². The van der Waals surface area contributed by atoms with Crippen LogP contribution in [0.3, 0.4) is 0 Å². The van der Waals surface area contributed by atoms with E-state index in [1.807, 2.05) is 6.07 Å². The van der Waals surface area contributed by atoms with Crippen molar-refractivity contribution in [2.24, 2.45) is 5.92 Å². The van der Waals surface area contributed by atoms with Crippen LogP contribution < -0.4 is 5.32 Å². The zero-order valence-electron chi connectivity index (χ0n) is 10.1. The molecule has 1 aliphatic rings. The van der Waals surface area contributed by atoms with Crippen molar-refractivity contribution in [3.05, 3.63) is 35.6 Å². The minimum Gasteiger partial charge on any atom is -0.376 e. The zero-order valence-corrected chi connectivity index (χ0v) is 10.1. The SMILES string of the molecule is Fc1ccccc1COCC1CCCNCC1. The maximum Gasteiger partial charge on any atom is 0.128 e. The van der Waals surface area contributed by atoms with Crippen molar-refractivity contribution in [1.82, 2.24) is 5.32 Å². The van der Waals surface area contributed by atoms with Gasteiger partial charge in [-0.15, -0.1) is 0 Å². The van der Waals surface area contributed by atoms with Crippen molar-refractivity contribution in [2.45, 2.75) is 25.9 Å². The lowest BCUT2D eigenvalue weighted by atomic mass is 10.0. The first-order valence-corrected chi connectivity index (χ1v) is 6.38. The van der Waals surface area contributed by atoms with Crippen molar-refractivity contribution >= 4 is 0 Å². The van der Waals surface area contributed by atoms with Crippen LogP contribution in [-0.4, -0.2) is 19.7 Å². The van der Waals surface area contributed by atoms with Crippen molar-refractivity contribution in [3.63, 3.8) is 0 Å². The standard InChI is InChI=1S/C14H20FNO/c15-14-6-2-1-5-13(14)11-17-10-12-4-3-8-16-9-7-12/h1-2,5-6,12,16H,3-4,7-11H2. The molecule has 2 rings (SSSR count). The van der Waals surface area contributed by atoms with Crippen LogP contribution in [0, 0.1) is 11.7 Å². The maximum absolute atomic E-state index is 13.3. The van der Waals surface area contributed by atoms with Gasteiger partial charge in [0.25, 0.3) is 0 Å². The van der Waals surface area contributed by atoms with Crippen LogP contribution in [0.5, 0.6) is 0 Å². The topological polar surface area (TPSA) is 21.3 Å². The van der Waals surface area contributed by atoms with Gasteiger partial charge in [-0.1, -0.05) is 18.2 Å². The van der Waals surface area contributed by atoms with E-state index in [1.54, 1.807) is 12.1 Å². The van der Waals surface area contributed by atoms with Gasteiger partial charge in [-0.2, -0.15) is 0 Å². The highest BCUT2D eigenvalue weighted by atomic mass is 19.1. The smallest absolute Gasteiger partial charge is 0.128 e. The largest absolute Gasteiger partial charge is 0.376 e. The molecule has 2 nitrogen and oxygen atoms in total. The molecule has 94 valence electrons. The summed E-state index contributed by atoms with van der Waals surface area (Å²) < 4.78 is 19.0. The number of benzene rings is 1. The molecule has 0 amide bonds. The molecular weight excluding hydrogens is 217 g/mol. The van der Waals surface area contributed by atoms with Gasteiger partial charge < -0.3 is 10.1 Å². The average Bonchev–Trinajstić information content (AvgIpc) is 2.60. The van der Waals surface area contributed by atoms with Crippen LogP contribution in [0.1, 0.15) is 24.8 Å². The molecule has 1 saturated heterocycles. The fourth-order valence-corrected chi connectivity index (χ4v) is 2.21. The Balaban J connectivity index is 1.73. The van der Waals surface area contributed by atoms with Gasteiger partial charge in [-0.05, 0) is 44.3 Å². The summed E-state index contributed by atoms with van der Waals surface area (Å²) in [5.41, 5.74) is 0.652. The predicted octanol–water partition coefficient (Wildman–Crippen LogP) is 2.73. The molecule has 3 heteroatoms. The van der Waals surface area contributed by atoms with E-state index in [2.05, 4.69) is 5.32 Å². The molecule has 1 N–H and O–H groups in total. The highest BCUT2D eigenvalue weighted by Gasteiger charge is 2.12. The second-order valence-corrected chi connectivity index (χ2v) is 4.65. The summed E-state index contributed by atoms with van der Waals surface area (Å²) in [5.74, 6) is 0.451. The van der Waals surface area contributed by atoms with Crippen molar-refractivity contribution in [1.29, 1.82) is 0 Å². The maximum atomic E-state index is 13.3. The van der Waals surface area contributed by atoms with E-state index in [0.29, 0.717) is 18.1 Å². The Kier molecular flexibility index (Phi) is 4.95. The fourth-order valence-electron chi connectivity index (χ4n) is 2.21. The van der Waals surface area contributed by atoms with Crippen LogP contribution in [-0.2, 0) is 11.3 Å². The van der Waals surface area contributed by atoms with E-state index in [0.717, 1.165) is 26.1 Å². The predicted molar refractivity (Wildman–Crippen MR) is 66.3 cm³/mol. The molecule has 1 fully saturated rings. The van der Waals surface area contributed by atoms with Crippen molar-refractivity contribution in [2.75, 3.05) is 19.7 Å². The summed E-state index contributed by atoms with van der Waals surface area (Å²) in [6.45, 7) is 3.32. The van der Waals surface area contributed by atoms with Crippen LogP contribution in [0.25, 0.3) is 0 Å². The monoisotopic (exact) mass is 237 g/mol. The third kappa shape index (κ3) is 4.10. The molecule has 0 saturated carbocycles. The number of halogens is 1. The fraction of sp³-hybridized carbons (Fsp3) is 0.571. The van der Waals surface area contributed by atoms with E-state index in [9.17, 15) is 4.39 Å². The van der Waals surface area contributed by atoms with E-state index >= 15 is 0 Å². The van der Waals surface area contributed by atoms with Crippen LogP contribution in [0.15, 0.2) is 24.3 Å². The number of rotatable bonds is 4. The van der Waals surface area contributed by atoms with Gasteiger partial charge in [-0.3, -0.25) is 0 Å². The molecule has 1 aliphatic heterocycles. The lowest BCUT2D eigenvalue weighted by Crippen LogP contribution is -2.15. The van der Waals surface area contributed by atoms with E-state index in [-0.39, 0.29) is 5.82 Å². The van der Waals surface area contributed by atoms with Crippen molar-refractivity contribution in [3.8, 4) is 0 Å². The van der Waals surface area contributed by atoms with Crippen LogP contribution in [0.2, 0.25) is 0 Å². The Morgan fingerprint density at radius 1 is 1.24 bits per heavy atom. The first-order chi connectivity index (χ1) is 8.36. The molecular formula is C14H20FNO. The Morgan fingerprint density at radius 2 is 2.12 bits per heavy atom. The molecule has 1 heterocycles. The summed E-state index contributed by atoms with van der Waals surface area (Å²) in [5, 5.41) is 3.38. The third-order valence-corrected chi connectivity index (χ3v) is 3.26. The second-order valence-electron chi connectivity index (χ2n) is 4.65. The van der Waals surface area contributed by atoms with Gasteiger partial charge in [-0.25, -0.2) is 4.39 Å². The van der Waals surface area contributed by atoms with E-state index < -0.39 is 0 Å². The molecule has 1 unspecified atom stereocenters. The normalized spacial score (nSPS) is 21.1. The molecule has 0 aromatic heterocycles. The lowest BCUT2D eigenvalue weighted by Gasteiger charge is -2.14. The van der Waals surface area contributed by atoms with Gasteiger partial charge in [0.15, 0.2) is 0 Å². The molecule has 1 aromatic rings. The Bertz CT molecular complexity index is 335. The number of nitrogens with one attached hydrogen (secondary N) is 1. The summed E-state index contributed by atoms with van der Waals surface area (Å²) in [7, 11) is 0. The highest BCUT2D eigenvalue weighted by Crippen LogP contribution is 2.15. The third-order valence-electron chi connectivity index (χ3n) is 3.26. The first kappa shape index (κ1) is 12.5. The van der Waals surface area contributed by atoms with Gasteiger partial charge in [0.1, 0.15) is 5.82 Å². The molecule has 0 aliphatic carbocycles. The van der Waals surface area contributed by atoms with Crippen LogP contribution >= 0.6 is 0 Å². The molecule has 17 heavy (non-hydrogen) atoms. The first-order valence-electron chi connectivity index (χ1n) is 6.38. The minimum atomic E-state index is -0.171. The number of ether oxygens (including phenoxy) is 1. The summed E-state index contributed by atoms with van der Waals surface area (Å²) >= 11 is 0. The Morgan fingerprint density at radius 3 is 3.00 bits per heavy atom. The molecule has 1 atom stereocenters. The van der Waals surface area contributed by atoms with Gasteiger partial charge >= 0.3 is 0 Å². The Labute approximate surface area is 102 Å². The van der Waals surface area contributed by atoms with Gasteiger partial charge in [0.05, 0.1) is 6.61 Å². The quantitative estimate of drug-likeness (QED) is 0.869. The highest BCUT2D eigenvalue weighted by molar-refractivity contribution is 5.16. The number of hydrogen-bond acceptors (Lipinski definition) is 2. The Hall–Kier alpha value is -0.930. The van der Waals surface area contributed by atoms with E-state index in [1.165, 1.54) is 18.9 Å². The van der Waals surface area contributed by atoms with E-state index in [4.69, 9.17) is 4.74 Å². The molecule has 0 bridgehead atoms. The summed E-state index contributed by atoms with van der Waals surface area (Å²) in [6, 6.07) is 6.81. The van der Waals surface area contributed by atoms with Gasteiger partial charge in [0.2, 0.25) is 0 Å². The van der Waals surface area contributed by atoms with Crippen LogP contribution in [0.4, 0.5) is 4.39 Å². The second kappa shape index (κ2) is 6.72. The minimum absolute atomic E-state index is 0.171. The van der Waals surface area contributed by atoms with Crippen molar-refractivity contribution < 1.29 is 9.13 Å². The molecule has 0 spiro atoms. The zero-order chi connectivity index (χ0) is 11.9. The molecule has 1 aromatic carbocycles. The average molecular weight is 237 g/mol. The molecule has 0 radical (unpaired) electrons. The summed E-state index contributed by atoms with van der Waals surface area (Å²) in [4.78, 5) is 0. The lowest BCUT2D eigenvalue weighted by molar-refractivity contribution is 0.0811. The summed E-state index contributed by atoms with van der Waals surface area (Å²) in [6.07, 6.45) is 3.59. The number of hydrogen-bond donors (Lipinski definition) is 1.